The average Bonchev–Trinajstić information content (AvgIpc) is 2.62. The first-order valence-corrected chi connectivity index (χ1v) is 7.27. The quantitative estimate of drug-likeness (QED) is 0.408. The Morgan fingerprint density at radius 2 is 1.62 bits per heavy atom. The molecule has 0 aliphatic rings. The highest BCUT2D eigenvalue weighted by Crippen LogP contribution is 2.37. The minimum absolute atomic E-state index is 0.0317. The van der Waals surface area contributed by atoms with Gasteiger partial charge >= 0.3 is 11.9 Å². The Kier molecular flexibility index (Phi) is 5.69. The molecule has 0 aliphatic carbocycles. The number of carboxylic acids is 1. The van der Waals surface area contributed by atoms with E-state index >= 15 is 0 Å². The Morgan fingerprint density at radius 1 is 1.00 bits per heavy atom. The van der Waals surface area contributed by atoms with Gasteiger partial charge in [-0.15, -0.1) is 0 Å². The summed E-state index contributed by atoms with van der Waals surface area (Å²) < 4.78 is 15.0. The molecule has 0 radical (unpaired) electrons. The third-order valence-corrected chi connectivity index (χ3v) is 3.33. The SMILES string of the molecule is COc1cc(C=CC(=O)Oc2ccc(O)c(C(=O)O)c2)cc(OC)c1O. The van der Waals surface area contributed by atoms with Crippen LogP contribution in [0.2, 0.25) is 0 Å². The van der Waals surface area contributed by atoms with Crippen molar-refractivity contribution in [3.8, 4) is 28.7 Å². The fourth-order valence-electron chi connectivity index (χ4n) is 2.07. The molecule has 0 amide bonds. The molecule has 26 heavy (non-hydrogen) atoms. The van der Waals surface area contributed by atoms with E-state index in [2.05, 4.69) is 0 Å². The number of carbonyl (C=O) groups excluding carboxylic acids is 1. The smallest absolute Gasteiger partial charge is 0.339 e. The van der Waals surface area contributed by atoms with Gasteiger partial charge in [-0.1, -0.05) is 0 Å². The molecule has 0 saturated heterocycles. The third-order valence-electron chi connectivity index (χ3n) is 3.33. The van der Waals surface area contributed by atoms with Gasteiger partial charge in [-0.3, -0.25) is 0 Å². The molecule has 0 aromatic heterocycles. The van der Waals surface area contributed by atoms with Crippen LogP contribution in [0.1, 0.15) is 15.9 Å². The molecule has 2 rings (SSSR count). The third kappa shape index (κ3) is 4.23. The second-order valence-electron chi connectivity index (χ2n) is 5.01. The van der Waals surface area contributed by atoms with Gasteiger partial charge in [-0.25, -0.2) is 9.59 Å². The number of esters is 1. The number of hydrogen-bond donors (Lipinski definition) is 3. The molecular formula is C18H16O8. The first kappa shape index (κ1) is 18.7. The van der Waals surface area contributed by atoms with Gasteiger partial charge in [0.15, 0.2) is 11.5 Å². The number of aromatic carboxylic acids is 1. The van der Waals surface area contributed by atoms with Gasteiger partial charge in [0.25, 0.3) is 0 Å². The van der Waals surface area contributed by atoms with Crippen LogP contribution in [0, 0.1) is 0 Å². The van der Waals surface area contributed by atoms with Gasteiger partial charge in [0.2, 0.25) is 5.75 Å². The fourth-order valence-corrected chi connectivity index (χ4v) is 2.07. The van der Waals surface area contributed by atoms with E-state index in [9.17, 15) is 19.8 Å². The molecule has 0 saturated carbocycles. The first-order valence-electron chi connectivity index (χ1n) is 7.27. The zero-order chi connectivity index (χ0) is 19.3. The Hall–Kier alpha value is -3.68. The van der Waals surface area contributed by atoms with Gasteiger partial charge in [0.1, 0.15) is 17.1 Å². The Labute approximate surface area is 148 Å². The summed E-state index contributed by atoms with van der Waals surface area (Å²) in [6, 6.07) is 6.40. The molecule has 8 nitrogen and oxygen atoms in total. The van der Waals surface area contributed by atoms with Crippen LogP contribution in [0.4, 0.5) is 0 Å². The van der Waals surface area contributed by atoms with Gasteiger partial charge in [-0.05, 0) is 42.0 Å². The standard InChI is InChI=1S/C18H16O8/c1-24-14-7-10(8-15(25-2)17(14)21)3-6-16(20)26-11-4-5-13(19)12(9-11)18(22)23/h3-9,19,21H,1-2H3,(H,22,23). The predicted molar refractivity (Wildman–Crippen MR) is 90.9 cm³/mol. The summed E-state index contributed by atoms with van der Waals surface area (Å²) in [7, 11) is 2.75. The first-order chi connectivity index (χ1) is 12.3. The van der Waals surface area contributed by atoms with Crippen molar-refractivity contribution in [1.82, 2.24) is 0 Å². The summed E-state index contributed by atoms with van der Waals surface area (Å²) >= 11 is 0. The topological polar surface area (TPSA) is 123 Å². The van der Waals surface area contributed by atoms with E-state index < -0.39 is 17.7 Å². The molecule has 0 bridgehead atoms. The minimum Gasteiger partial charge on any atom is -0.507 e. The zero-order valence-electron chi connectivity index (χ0n) is 13.9. The van der Waals surface area contributed by atoms with Crippen LogP contribution in [-0.2, 0) is 4.79 Å². The van der Waals surface area contributed by atoms with Crippen LogP contribution in [0.15, 0.2) is 36.4 Å². The summed E-state index contributed by atoms with van der Waals surface area (Å²) in [6.45, 7) is 0. The van der Waals surface area contributed by atoms with Crippen molar-refractivity contribution in [2.75, 3.05) is 14.2 Å². The van der Waals surface area contributed by atoms with E-state index in [1.54, 1.807) is 0 Å². The fraction of sp³-hybridized carbons (Fsp3) is 0.111. The number of ether oxygens (including phenoxy) is 3. The molecule has 0 unspecified atom stereocenters. The highest BCUT2D eigenvalue weighted by atomic mass is 16.5. The predicted octanol–water partition coefficient (Wildman–Crippen LogP) is 2.43. The van der Waals surface area contributed by atoms with Crippen molar-refractivity contribution in [2.45, 2.75) is 0 Å². The largest absolute Gasteiger partial charge is 0.507 e. The van der Waals surface area contributed by atoms with Gasteiger partial charge < -0.3 is 29.5 Å². The number of phenols is 2. The summed E-state index contributed by atoms with van der Waals surface area (Å²) in [5.74, 6) is -2.41. The highest BCUT2D eigenvalue weighted by molar-refractivity contribution is 5.92. The van der Waals surface area contributed by atoms with Crippen LogP contribution in [0.3, 0.4) is 0 Å². The second-order valence-corrected chi connectivity index (χ2v) is 5.01. The molecular weight excluding hydrogens is 344 g/mol. The van der Waals surface area contributed by atoms with Gasteiger partial charge in [-0.2, -0.15) is 0 Å². The molecule has 136 valence electrons. The van der Waals surface area contributed by atoms with Gasteiger partial charge in [0, 0.05) is 6.08 Å². The second kappa shape index (κ2) is 7.93. The van der Waals surface area contributed by atoms with Crippen LogP contribution in [0.5, 0.6) is 28.7 Å². The van der Waals surface area contributed by atoms with E-state index in [-0.39, 0.29) is 28.6 Å². The van der Waals surface area contributed by atoms with Crippen molar-refractivity contribution in [3.05, 3.63) is 47.5 Å². The van der Waals surface area contributed by atoms with Crippen molar-refractivity contribution < 1.29 is 39.1 Å². The van der Waals surface area contributed by atoms with Crippen molar-refractivity contribution in [3.63, 3.8) is 0 Å². The minimum atomic E-state index is -1.35. The van der Waals surface area contributed by atoms with E-state index in [4.69, 9.17) is 19.3 Å². The monoisotopic (exact) mass is 360 g/mol. The van der Waals surface area contributed by atoms with Crippen LogP contribution in [0.25, 0.3) is 6.08 Å². The normalized spacial score (nSPS) is 10.5. The average molecular weight is 360 g/mol. The number of carboxylic acid groups (broad SMARTS) is 1. The molecule has 8 heteroatoms. The summed E-state index contributed by atoms with van der Waals surface area (Å²) in [4.78, 5) is 22.9. The van der Waals surface area contributed by atoms with E-state index in [0.29, 0.717) is 5.56 Å². The van der Waals surface area contributed by atoms with Crippen LogP contribution in [-0.4, -0.2) is 41.5 Å². The number of rotatable bonds is 6. The lowest BCUT2D eigenvalue weighted by Gasteiger charge is -2.09. The zero-order valence-corrected chi connectivity index (χ0v) is 13.9. The maximum atomic E-state index is 11.9. The maximum Gasteiger partial charge on any atom is 0.339 e. The van der Waals surface area contributed by atoms with E-state index in [1.165, 1.54) is 38.5 Å². The van der Waals surface area contributed by atoms with Gasteiger partial charge in [0.05, 0.1) is 14.2 Å². The van der Waals surface area contributed by atoms with Crippen LogP contribution >= 0.6 is 0 Å². The Balaban J connectivity index is 2.18. The highest BCUT2D eigenvalue weighted by Gasteiger charge is 2.13. The summed E-state index contributed by atoms with van der Waals surface area (Å²) in [6.07, 6.45) is 2.52. The van der Waals surface area contributed by atoms with E-state index in [0.717, 1.165) is 18.2 Å². The van der Waals surface area contributed by atoms with Crippen LogP contribution < -0.4 is 14.2 Å². The van der Waals surface area contributed by atoms with Crippen molar-refractivity contribution in [2.24, 2.45) is 0 Å². The molecule has 0 heterocycles. The van der Waals surface area contributed by atoms with Crippen molar-refractivity contribution >= 4 is 18.0 Å². The van der Waals surface area contributed by atoms with E-state index in [1.807, 2.05) is 0 Å². The summed E-state index contributed by atoms with van der Waals surface area (Å²) in [5, 5.41) is 28.2. The number of benzene rings is 2. The summed E-state index contributed by atoms with van der Waals surface area (Å²) in [5.41, 5.74) is 0.123. The molecule has 0 aliphatic heterocycles. The number of carbonyl (C=O) groups is 2. The molecule has 2 aromatic rings. The number of methoxy groups -OCH3 is 2. The number of hydrogen-bond acceptors (Lipinski definition) is 7. The lowest BCUT2D eigenvalue weighted by atomic mass is 10.1. The number of aromatic hydroxyl groups is 2. The molecule has 0 spiro atoms. The van der Waals surface area contributed by atoms with Crippen molar-refractivity contribution in [1.29, 1.82) is 0 Å². The molecule has 0 atom stereocenters. The Bertz CT molecular complexity index is 844. The number of phenolic OH excluding ortho intramolecular Hbond substituents is 1. The molecule has 0 fully saturated rings. The molecule has 2 aromatic carbocycles. The Morgan fingerprint density at radius 3 is 2.15 bits per heavy atom. The maximum absolute atomic E-state index is 11.9. The lowest BCUT2D eigenvalue weighted by Crippen LogP contribution is -2.05. The lowest BCUT2D eigenvalue weighted by molar-refractivity contribution is -0.128. The molecule has 3 N–H and O–H groups in total.